The summed E-state index contributed by atoms with van der Waals surface area (Å²) in [6.45, 7) is 7.73. The van der Waals surface area contributed by atoms with Gasteiger partial charge in [-0.05, 0) is 51.3 Å². The lowest BCUT2D eigenvalue weighted by Gasteiger charge is -2.31. The predicted molar refractivity (Wildman–Crippen MR) is 165 cm³/mol. The van der Waals surface area contributed by atoms with E-state index >= 15 is 0 Å². The van der Waals surface area contributed by atoms with Crippen LogP contribution in [0.3, 0.4) is 0 Å². The third-order valence-corrected chi connectivity index (χ3v) is 7.27. The highest BCUT2D eigenvalue weighted by atomic mass is 16.6. The quantitative estimate of drug-likeness (QED) is 0.183. The van der Waals surface area contributed by atoms with Crippen molar-refractivity contribution in [3.63, 3.8) is 0 Å². The van der Waals surface area contributed by atoms with E-state index in [2.05, 4.69) is 0 Å². The maximum atomic E-state index is 13.3. The Labute approximate surface area is 264 Å². The maximum Gasteiger partial charge on any atom is 0.351 e. The van der Waals surface area contributed by atoms with Gasteiger partial charge in [0.1, 0.15) is 12.2 Å². The van der Waals surface area contributed by atoms with Gasteiger partial charge in [0, 0.05) is 51.3 Å². The van der Waals surface area contributed by atoms with Crippen LogP contribution in [0.1, 0.15) is 52.5 Å². The van der Waals surface area contributed by atoms with Crippen LogP contribution < -0.4 is 0 Å². The molecule has 1 heterocycles. The van der Waals surface area contributed by atoms with Gasteiger partial charge in [0.05, 0.1) is 12.5 Å². The molecule has 0 saturated carbocycles. The Morgan fingerprint density at radius 1 is 1.09 bits per heavy atom. The summed E-state index contributed by atoms with van der Waals surface area (Å²) in [6, 6.07) is 9.54. The smallest absolute Gasteiger partial charge is 0.351 e. The summed E-state index contributed by atoms with van der Waals surface area (Å²) in [7, 11) is 1.85. The van der Waals surface area contributed by atoms with Gasteiger partial charge in [-0.15, -0.1) is 0 Å². The highest BCUT2D eigenvalue weighted by Crippen LogP contribution is 2.23. The topological polar surface area (TPSA) is 129 Å². The zero-order chi connectivity index (χ0) is 33.0. The average molecular weight is 625 g/mol. The number of rotatable bonds is 13. The predicted octanol–water partition coefficient (Wildman–Crippen LogP) is 3.53. The minimum atomic E-state index is -1.52. The van der Waals surface area contributed by atoms with Gasteiger partial charge < -0.3 is 33.5 Å². The molecule has 45 heavy (non-hydrogen) atoms. The van der Waals surface area contributed by atoms with Gasteiger partial charge in [-0.1, -0.05) is 42.5 Å². The lowest BCUT2D eigenvalue weighted by molar-refractivity contribution is -0.185. The molecule has 1 aromatic rings. The Kier molecular flexibility index (Phi) is 13.1. The molecule has 1 aliphatic carbocycles. The number of nitrogens with zero attached hydrogens (tertiary/aromatic N) is 2. The number of likely N-dealkylation sites (tertiary alicyclic amines) is 1. The van der Waals surface area contributed by atoms with Crippen molar-refractivity contribution in [1.82, 2.24) is 9.80 Å². The summed E-state index contributed by atoms with van der Waals surface area (Å²) in [5.74, 6) is -2.15. The van der Waals surface area contributed by atoms with Gasteiger partial charge in [-0.2, -0.15) is 0 Å². The second kappa shape index (κ2) is 16.7. The summed E-state index contributed by atoms with van der Waals surface area (Å²) in [6.07, 6.45) is 6.49. The number of allylic oxidation sites excluding steroid dienone is 3. The Bertz CT molecular complexity index is 1290. The molecule has 1 saturated heterocycles. The molecule has 244 valence electrons. The Hall–Kier alpha value is -4.25. The van der Waals surface area contributed by atoms with E-state index in [1.807, 2.05) is 60.5 Å². The Morgan fingerprint density at radius 3 is 2.40 bits per heavy atom. The van der Waals surface area contributed by atoms with Crippen LogP contribution in [0.5, 0.6) is 0 Å². The van der Waals surface area contributed by atoms with Gasteiger partial charge in [-0.3, -0.25) is 14.4 Å². The number of carbonyl (C=O) groups excluding carboxylic acids is 5. The number of hydrogen-bond acceptors (Lipinski definition) is 10. The van der Waals surface area contributed by atoms with Crippen LogP contribution in [0.2, 0.25) is 0 Å². The highest BCUT2D eigenvalue weighted by molar-refractivity contribution is 5.96. The molecule has 1 fully saturated rings. The van der Waals surface area contributed by atoms with E-state index in [-0.39, 0.29) is 31.0 Å². The second-order valence-corrected chi connectivity index (χ2v) is 12.0. The molecule has 3 rings (SSSR count). The number of piperidine rings is 1. The second-order valence-electron chi connectivity index (χ2n) is 12.0. The molecule has 1 aromatic carbocycles. The third-order valence-electron chi connectivity index (χ3n) is 7.27. The minimum absolute atomic E-state index is 0.0553. The van der Waals surface area contributed by atoms with Crippen molar-refractivity contribution in [1.29, 1.82) is 0 Å². The van der Waals surface area contributed by atoms with Gasteiger partial charge >= 0.3 is 17.9 Å². The SMILES string of the molecule is CC(=O)O[C@@H](C(=O)OC(C)(C)C)[C@H](C=O)OCCN(C)C1=CC=CC(C(=O)N2CCC(C(=O)OCc3ccccc3)CC2)=CC1. The average Bonchev–Trinajstić information content (AvgIpc) is 3.27. The standard InChI is InChI=1S/C34H44N2O9/c1-24(38)44-30(33(41)45-34(2,3)4)29(22-37)42-21-20-35(5)28-13-9-12-26(14-15-28)31(39)36-18-16-27(17-19-36)32(40)43-23-25-10-7-6-8-11-25/h6-14,22,27,29-30H,15-21,23H2,1-5H3/t29-,30+/m0/s1. The lowest BCUT2D eigenvalue weighted by atomic mass is 9.96. The van der Waals surface area contributed by atoms with Crippen LogP contribution in [0.4, 0.5) is 0 Å². The van der Waals surface area contributed by atoms with Crippen molar-refractivity contribution in [3.05, 3.63) is 71.5 Å². The van der Waals surface area contributed by atoms with Gasteiger partial charge in [0.15, 0.2) is 12.4 Å². The van der Waals surface area contributed by atoms with Crippen molar-refractivity contribution in [2.45, 2.75) is 71.4 Å². The molecule has 0 unspecified atom stereocenters. The first-order chi connectivity index (χ1) is 21.4. The van der Waals surface area contributed by atoms with Crippen LogP contribution >= 0.6 is 0 Å². The van der Waals surface area contributed by atoms with E-state index in [9.17, 15) is 24.0 Å². The van der Waals surface area contributed by atoms with Crippen molar-refractivity contribution < 1.29 is 42.9 Å². The number of carbonyl (C=O) groups is 5. The zero-order valence-electron chi connectivity index (χ0n) is 26.7. The van der Waals surface area contributed by atoms with Crippen LogP contribution in [-0.2, 0) is 49.5 Å². The molecule has 2 atom stereocenters. The first kappa shape index (κ1) is 35.2. The monoisotopic (exact) mass is 624 g/mol. The lowest BCUT2D eigenvalue weighted by Crippen LogP contribution is -2.44. The number of amides is 1. The third kappa shape index (κ3) is 11.3. The van der Waals surface area contributed by atoms with E-state index in [1.165, 1.54) is 0 Å². The van der Waals surface area contributed by atoms with Crippen molar-refractivity contribution >= 4 is 30.1 Å². The molecule has 0 aromatic heterocycles. The summed E-state index contributed by atoms with van der Waals surface area (Å²) < 4.78 is 21.5. The van der Waals surface area contributed by atoms with Crippen molar-refractivity contribution in [2.75, 3.05) is 33.3 Å². The van der Waals surface area contributed by atoms with Gasteiger partial charge in [-0.25, -0.2) is 4.79 Å². The van der Waals surface area contributed by atoms with Crippen LogP contribution in [0.15, 0.2) is 65.9 Å². The molecule has 0 radical (unpaired) electrons. The van der Waals surface area contributed by atoms with Crippen molar-refractivity contribution in [3.8, 4) is 0 Å². The van der Waals surface area contributed by atoms with E-state index < -0.39 is 29.7 Å². The fourth-order valence-electron chi connectivity index (χ4n) is 4.86. The number of aldehydes is 1. The minimum Gasteiger partial charge on any atom is -0.461 e. The fourth-order valence-corrected chi connectivity index (χ4v) is 4.86. The summed E-state index contributed by atoms with van der Waals surface area (Å²) in [5.41, 5.74) is 1.57. The molecule has 11 heteroatoms. The molecule has 11 nitrogen and oxygen atoms in total. The normalized spacial score (nSPS) is 16.8. The highest BCUT2D eigenvalue weighted by Gasteiger charge is 2.36. The number of hydrogen-bond donors (Lipinski definition) is 0. The van der Waals surface area contributed by atoms with Gasteiger partial charge in [0.2, 0.25) is 6.10 Å². The molecule has 0 spiro atoms. The molecule has 1 aliphatic heterocycles. The maximum absolute atomic E-state index is 13.3. The summed E-state index contributed by atoms with van der Waals surface area (Å²) in [5, 5.41) is 0. The van der Waals surface area contributed by atoms with Crippen LogP contribution in [0, 0.1) is 5.92 Å². The van der Waals surface area contributed by atoms with E-state index in [0.717, 1.165) is 18.2 Å². The summed E-state index contributed by atoms with van der Waals surface area (Å²) >= 11 is 0. The fraction of sp³-hybridized carbons (Fsp3) is 0.500. The summed E-state index contributed by atoms with van der Waals surface area (Å²) in [4.78, 5) is 65.4. The van der Waals surface area contributed by atoms with Crippen LogP contribution in [0.25, 0.3) is 0 Å². The van der Waals surface area contributed by atoms with E-state index in [1.54, 1.807) is 31.7 Å². The molecule has 1 amide bonds. The molecule has 0 bridgehead atoms. The largest absolute Gasteiger partial charge is 0.461 e. The van der Waals surface area contributed by atoms with Gasteiger partial charge in [0.25, 0.3) is 5.91 Å². The molecule has 0 N–H and O–H groups in total. The first-order valence-corrected chi connectivity index (χ1v) is 15.1. The molecular formula is C34H44N2O9. The number of ether oxygens (including phenoxy) is 4. The van der Waals surface area contributed by atoms with E-state index in [0.29, 0.717) is 50.8 Å². The Morgan fingerprint density at radius 2 is 1.78 bits per heavy atom. The number of esters is 3. The Balaban J connectivity index is 1.47. The van der Waals surface area contributed by atoms with Crippen molar-refractivity contribution in [2.24, 2.45) is 5.92 Å². The molecular weight excluding hydrogens is 580 g/mol. The van der Waals surface area contributed by atoms with Crippen LogP contribution in [-0.4, -0.2) is 91.0 Å². The zero-order valence-corrected chi connectivity index (χ0v) is 26.7. The number of likely N-dealkylation sites (N-methyl/N-ethyl adjacent to an activating group) is 1. The molecule has 2 aliphatic rings. The van der Waals surface area contributed by atoms with E-state index in [4.69, 9.17) is 18.9 Å². The first-order valence-electron chi connectivity index (χ1n) is 15.1. The number of benzene rings is 1.